The third kappa shape index (κ3) is 6.11. The van der Waals surface area contributed by atoms with Gasteiger partial charge < -0.3 is 31.4 Å². The molecule has 0 spiro atoms. The van der Waals surface area contributed by atoms with Crippen LogP contribution in [0.15, 0.2) is 4.99 Å². The maximum Gasteiger partial charge on any atom is 0.326 e. The molecule has 0 aromatic heterocycles. The molecular weight excluding hydrogens is 259 g/mol. The normalized spacial score (nSPS) is 22.4. The molecule has 0 unspecified atom stereocenters. The smallest absolute Gasteiger partial charge is 0.326 e. The third-order valence-electron chi connectivity index (χ3n) is 2.13. The van der Waals surface area contributed by atoms with E-state index in [2.05, 4.69) is 4.99 Å². The number of carbonyl (C=O) groups excluding carboxylic acids is 1. The second-order valence-corrected chi connectivity index (χ2v) is 4.73. The maximum atomic E-state index is 11.5. The Labute approximate surface area is 107 Å². The van der Waals surface area contributed by atoms with E-state index in [0.29, 0.717) is 40.7 Å². The van der Waals surface area contributed by atoms with Crippen LogP contribution in [0.1, 0.15) is 12.8 Å². The van der Waals surface area contributed by atoms with E-state index in [9.17, 15) is 4.79 Å². The molecule has 9 heteroatoms. The zero-order chi connectivity index (χ0) is 13.4. The van der Waals surface area contributed by atoms with Crippen LogP contribution in [0.4, 0.5) is 0 Å². The summed E-state index contributed by atoms with van der Waals surface area (Å²) in [6.07, 6.45) is 2.11. The molecule has 1 aliphatic rings. The molecule has 0 radical (unpaired) electrons. The van der Waals surface area contributed by atoms with Crippen molar-refractivity contribution in [1.29, 1.82) is 0 Å². The molecular formula is C9H19N4O4P. The van der Waals surface area contributed by atoms with Crippen molar-refractivity contribution in [2.45, 2.75) is 25.4 Å². The first-order valence-electron chi connectivity index (χ1n) is 5.55. The summed E-state index contributed by atoms with van der Waals surface area (Å²) in [6.45, 7) is -0.497. The molecule has 0 aromatic rings. The maximum absolute atomic E-state index is 11.5. The van der Waals surface area contributed by atoms with Gasteiger partial charge in [-0.2, -0.15) is 0 Å². The summed E-state index contributed by atoms with van der Waals surface area (Å²) in [4.78, 5) is 15.3. The Kier molecular flexibility index (Phi) is 6.89. The van der Waals surface area contributed by atoms with Crippen molar-refractivity contribution in [2.75, 3.05) is 19.2 Å². The highest BCUT2D eigenvalue weighted by atomic mass is 31.1. The summed E-state index contributed by atoms with van der Waals surface area (Å²) in [5.74, 6) is -0.522. The van der Waals surface area contributed by atoms with E-state index in [-0.39, 0.29) is 5.96 Å². The highest BCUT2D eigenvalue weighted by molar-refractivity contribution is 7.37. The molecule has 18 heavy (non-hydrogen) atoms. The molecule has 104 valence electrons. The second-order valence-electron chi connectivity index (χ2n) is 3.65. The van der Waals surface area contributed by atoms with Gasteiger partial charge in [-0.1, -0.05) is 8.58 Å². The van der Waals surface area contributed by atoms with Crippen LogP contribution in [0.25, 0.3) is 0 Å². The molecule has 1 fully saturated rings. The number of esters is 1. The summed E-state index contributed by atoms with van der Waals surface area (Å²) >= 11 is 0. The molecule has 0 aliphatic carbocycles. The Balaban J connectivity index is 2.17. The second kappa shape index (κ2) is 8.20. The number of nitrogens with two attached hydrogens (primary N) is 3. The summed E-state index contributed by atoms with van der Waals surface area (Å²) < 4.78 is 15.1. The molecule has 6 N–H and O–H groups in total. The van der Waals surface area contributed by atoms with E-state index in [1.165, 1.54) is 0 Å². The largest absolute Gasteiger partial charge is 0.409 e. The average molecular weight is 278 g/mol. The first-order chi connectivity index (χ1) is 8.59. The van der Waals surface area contributed by atoms with Crippen LogP contribution in [0.2, 0.25) is 0 Å². The lowest BCUT2D eigenvalue weighted by atomic mass is 10.2. The molecule has 0 bridgehead atoms. The van der Waals surface area contributed by atoms with Gasteiger partial charge in [0.15, 0.2) is 5.96 Å². The van der Waals surface area contributed by atoms with E-state index in [1.807, 2.05) is 0 Å². The number of rotatable bonds is 6. The van der Waals surface area contributed by atoms with Gasteiger partial charge in [0.2, 0.25) is 0 Å². The van der Waals surface area contributed by atoms with Gasteiger partial charge in [-0.05, 0) is 12.8 Å². The van der Waals surface area contributed by atoms with E-state index < -0.39 is 18.5 Å². The number of hydrogen-bond donors (Lipinski definition) is 3. The number of carbonyl (C=O) groups is 1. The summed E-state index contributed by atoms with van der Waals surface area (Å²) in [6, 6.07) is -0.726. The van der Waals surface area contributed by atoms with Crippen LogP contribution in [0, 0.1) is 0 Å². The van der Waals surface area contributed by atoms with Crippen LogP contribution < -0.4 is 17.2 Å². The molecule has 1 heterocycles. The standard InChI is InChI=1S/C9H19N4O4P/c10-6(2-1-3-13-8(11)12)7(14)17-9-15-4-18-5-16-9/h6,9,18H,1-5,10H2,(H4,11,12,13)/t6-/m0/s1. The SMILES string of the molecule is NC(N)=NCCC[C@H](N)C(=O)OC1OCPCO1. The molecule has 0 aromatic carbocycles. The van der Waals surface area contributed by atoms with Crippen molar-refractivity contribution in [3.63, 3.8) is 0 Å². The fourth-order valence-corrected chi connectivity index (χ4v) is 1.82. The number of hydrogen-bond acceptors (Lipinski definition) is 6. The number of aliphatic imine (C=N–C) groups is 1. The number of ether oxygens (including phenoxy) is 3. The molecule has 1 aliphatic heterocycles. The van der Waals surface area contributed by atoms with E-state index >= 15 is 0 Å². The monoisotopic (exact) mass is 278 g/mol. The molecule has 0 saturated carbocycles. The first kappa shape index (κ1) is 15.1. The minimum Gasteiger partial charge on any atom is -0.409 e. The van der Waals surface area contributed by atoms with Gasteiger partial charge in [0, 0.05) is 6.54 Å². The van der Waals surface area contributed by atoms with Gasteiger partial charge in [0.25, 0.3) is 0 Å². The van der Waals surface area contributed by atoms with Crippen molar-refractivity contribution in [3.8, 4) is 0 Å². The van der Waals surface area contributed by atoms with Crippen molar-refractivity contribution in [3.05, 3.63) is 0 Å². The topological polar surface area (TPSA) is 135 Å². The molecule has 0 amide bonds. The Morgan fingerprint density at radius 3 is 2.72 bits per heavy atom. The third-order valence-corrected chi connectivity index (χ3v) is 2.87. The van der Waals surface area contributed by atoms with Crippen molar-refractivity contribution in [1.82, 2.24) is 0 Å². The van der Waals surface area contributed by atoms with Gasteiger partial charge in [0.05, 0.1) is 12.7 Å². The van der Waals surface area contributed by atoms with Crippen LogP contribution in [0.5, 0.6) is 0 Å². The predicted molar refractivity (Wildman–Crippen MR) is 68.0 cm³/mol. The molecule has 1 rings (SSSR count). The summed E-state index contributed by atoms with van der Waals surface area (Å²) in [7, 11) is 0.571. The Bertz CT molecular complexity index is 292. The van der Waals surface area contributed by atoms with Gasteiger partial charge in [-0.15, -0.1) is 0 Å². The lowest BCUT2D eigenvalue weighted by molar-refractivity contribution is -0.269. The van der Waals surface area contributed by atoms with Crippen LogP contribution >= 0.6 is 8.58 Å². The van der Waals surface area contributed by atoms with E-state index in [0.717, 1.165) is 0 Å². The van der Waals surface area contributed by atoms with Gasteiger partial charge in [-0.3, -0.25) is 9.79 Å². The van der Waals surface area contributed by atoms with E-state index in [4.69, 9.17) is 31.4 Å². The predicted octanol–water partition coefficient (Wildman–Crippen LogP) is -1.17. The zero-order valence-electron chi connectivity index (χ0n) is 10.0. The number of nitrogens with zero attached hydrogens (tertiary/aromatic N) is 1. The lowest BCUT2D eigenvalue weighted by Crippen LogP contribution is -2.37. The minimum atomic E-state index is -0.928. The van der Waals surface area contributed by atoms with E-state index in [1.54, 1.807) is 0 Å². The van der Waals surface area contributed by atoms with Crippen LogP contribution in [-0.4, -0.2) is 43.7 Å². The van der Waals surface area contributed by atoms with Crippen molar-refractivity contribution in [2.24, 2.45) is 22.2 Å². The highest BCUT2D eigenvalue weighted by Gasteiger charge is 2.22. The number of guanidine groups is 1. The molecule has 8 nitrogen and oxygen atoms in total. The molecule has 1 atom stereocenters. The van der Waals surface area contributed by atoms with Gasteiger partial charge >= 0.3 is 12.4 Å². The Morgan fingerprint density at radius 2 is 2.11 bits per heavy atom. The van der Waals surface area contributed by atoms with Gasteiger partial charge in [0.1, 0.15) is 6.04 Å². The highest BCUT2D eigenvalue weighted by Crippen LogP contribution is 2.20. The summed E-state index contributed by atoms with van der Waals surface area (Å²) in [5.41, 5.74) is 16.0. The van der Waals surface area contributed by atoms with Gasteiger partial charge in [-0.25, -0.2) is 0 Å². The lowest BCUT2D eigenvalue weighted by Gasteiger charge is -2.23. The van der Waals surface area contributed by atoms with Crippen LogP contribution in [-0.2, 0) is 19.0 Å². The Morgan fingerprint density at radius 1 is 1.44 bits per heavy atom. The molecule has 1 saturated heterocycles. The van der Waals surface area contributed by atoms with Crippen molar-refractivity contribution < 1.29 is 19.0 Å². The summed E-state index contributed by atoms with van der Waals surface area (Å²) in [5, 5.41) is 0. The van der Waals surface area contributed by atoms with Crippen molar-refractivity contribution >= 4 is 20.5 Å². The Hall–Kier alpha value is -0.950. The minimum absolute atomic E-state index is 0.0241. The average Bonchev–Trinajstić information content (AvgIpc) is 2.35. The fourth-order valence-electron chi connectivity index (χ4n) is 1.23. The first-order valence-corrected chi connectivity index (χ1v) is 6.96. The zero-order valence-corrected chi connectivity index (χ0v) is 11.0. The quantitative estimate of drug-likeness (QED) is 0.183. The fraction of sp³-hybridized carbons (Fsp3) is 0.778. The van der Waals surface area contributed by atoms with Crippen LogP contribution in [0.3, 0.4) is 0 Å².